The van der Waals surface area contributed by atoms with Crippen LogP contribution >= 0.6 is 0 Å². The number of aliphatic carboxylic acids is 1. The summed E-state index contributed by atoms with van der Waals surface area (Å²) >= 11 is 0. The van der Waals surface area contributed by atoms with Gasteiger partial charge in [-0.2, -0.15) is 0 Å². The Morgan fingerprint density at radius 2 is 1.61 bits per heavy atom. The maximum atomic E-state index is 13.2. The van der Waals surface area contributed by atoms with E-state index < -0.39 is 31.2 Å². The van der Waals surface area contributed by atoms with Crippen LogP contribution in [0.15, 0.2) is 103 Å². The Bertz CT molecular complexity index is 2070. The normalized spacial score (nSPS) is 26.5. The summed E-state index contributed by atoms with van der Waals surface area (Å²) in [7, 11) is -2.88. The Morgan fingerprint density at radius 3 is 2.18 bits per heavy atom. The van der Waals surface area contributed by atoms with Gasteiger partial charge in [-0.3, -0.25) is 4.79 Å². The van der Waals surface area contributed by atoms with E-state index in [9.17, 15) is 9.90 Å². The standard InChI is InChI=1S/C42H46N4O4Si/c1-29-22-31(45-25-40(26-45)21-20-34(40)30-14-8-5-9-15-30)23-46-36(29)43-38(44-46)42-24-41(27-49-42,35(42)37(47)48)28-50-51(39(2,3)4,32-16-10-6-11-17-32)33-18-12-7-13-19-33/h5-19,22-23,34-35H,20-21,24-28H2,1-4H3,(H,47,48). The van der Waals surface area contributed by atoms with E-state index in [0.717, 1.165) is 30.0 Å². The minimum atomic E-state index is -2.88. The summed E-state index contributed by atoms with van der Waals surface area (Å²) in [5.41, 5.74) is 2.91. The molecule has 2 saturated carbocycles. The summed E-state index contributed by atoms with van der Waals surface area (Å²) in [6, 6.07) is 34.1. The van der Waals surface area contributed by atoms with E-state index in [1.165, 1.54) is 28.8 Å². The Balaban J connectivity index is 0.993. The molecule has 9 heteroatoms. The molecule has 4 atom stereocenters. The van der Waals surface area contributed by atoms with Gasteiger partial charge < -0.3 is 19.2 Å². The summed E-state index contributed by atoms with van der Waals surface area (Å²) in [6.45, 7) is 11.4. The van der Waals surface area contributed by atoms with E-state index in [2.05, 4.69) is 124 Å². The minimum Gasteiger partial charge on any atom is -0.481 e. The molecular weight excluding hydrogens is 653 g/mol. The van der Waals surface area contributed by atoms with Gasteiger partial charge in [-0.25, -0.2) is 9.50 Å². The lowest BCUT2D eigenvalue weighted by Crippen LogP contribution is -2.68. The van der Waals surface area contributed by atoms with Crippen molar-refractivity contribution in [2.24, 2.45) is 16.7 Å². The smallest absolute Gasteiger partial charge is 0.310 e. The monoisotopic (exact) mass is 698 g/mol. The number of hydrogen-bond donors (Lipinski definition) is 1. The third-order valence-corrected chi connectivity index (χ3v) is 17.8. The van der Waals surface area contributed by atoms with Crippen molar-refractivity contribution >= 4 is 36.0 Å². The lowest BCUT2D eigenvalue weighted by molar-refractivity contribution is -0.173. The van der Waals surface area contributed by atoms with Crippen molar-refractivity contribution < 1.29 is 19.1 Å². The fourth-order valence-electron chi connectivity index (χ4n) is 10.2. The fraction of sp³-hybridized carbons (Fsp3) is 0.405. The van der Waals surface area contributed by atoms with E-state index in [0.29, 0.717) is 30.2 Å². The van der Waals surface area contributed by atoms with Gasteiger partial charge in [0.05, 0.1) is 18.5 Å². The summed E-state index contributed by atoms with van der Waals surface area (Å²) in [4.78, 5) is 20.6. The summed E-state index contributed by atoms with van der Waals surface area (Å²) < 4.78 is 15.7. The maximum absolute atomic E-state index is 13.2. The zero-order chi connectivity index (χ0) is 35.2. The average Bonchev–Trinajstić information content (AvgIpc) is 3.77. The second-order valence-corrected chi connectivity index (χ2v) is 21.1. The molecule has 2 aromatic heterocycles. The molecule has 3 saturated heterocycles. The quantitative estimate of drug-likeness (QED) is 0.181. The maximum Gasteiger partial charge on any atom is 0.310 e. The number of fused-ring (bicyclic) bond motifs is 2. The van der Waals surface area contributed by atoms with Crippen LogP contribution < -0.4 is 15.3 Å². The molecule has 2 aliphatic carbocycles. The van der Waals surface area contributed by atoms with E-state index in [-0.39, 0.29) is 11.6 Å². The molecule has 0 radical (unpaired) electrons. The highest BCUT2D eigenvalue weighted by atomic mass is 28.4. The van der Waals surface area contributed by atoms with Crippen LogP contribution in [-0.4, -0.2) is 60.3 Å². The van der Waals surface area contributed by atoms with Crippen LogP contribution in [0.4, 0.5) is 5.69 Å². The first-order chi connectivity index (χ1) is 24.5. The number of ether oxygens (including phenoxy) is 1. The highest BCUT2D eigenvalue weighted by molar-refractivity contribution is 6.99. The van der Waals surface area contributed by atoms with Gasteiger partial charge in [0, 0.05) is 30.5 Å². The lowest BCUT2D eigenvalue weighted by Gasteiger charge is -2.61. The number of carboxylic acids is 1. The van der Waals surface area contributed by atoms with Gasteiger partial charge in [0.1, 0.15) is 11.5 Å². The van der Waals surface area contributed by atoms with E-state index in [1.807, 2.05) is 16.6 Å². The molecule has 10 rings (SSSR count). The fourth-order valence-corrected chi connectivity index (χ4v) is 14.9. The number of benzene rings is 3. The van der Waals surface area contributed by atoms with Crippen LogP contribution in [-0.2, 0) is 19.6 Å². The molecule has 0 amide bonds. The first-order valence-electron chi connectivity index (χ1n) is 18.3. The summed E-state index contributed by atoms with van der Waals surface area (Å²) in [6.07, 6.45) is 5.07. The van der Waals surface area contributed by atoms with Gasteiger partial charge in [0.2, 0.25) is 0 Å². The second kappa shape index (κ2) is 11.3. The van der Waals surface area contributed by atoms with Crippen LogP contribution in [0.5, 0.6) is 0 Å². The van der Waals surface area contributed by atoms with Gasteiger partial charge in [-0.05, 0) is 64.7 Å². The molecule has 1 N–H and O–H groups in total. The van der Waals surface area contributed by atoms with Crippen LogP contribution in [0.2, 0.25) is 5.04 Å². The van der Waals surface area contributed by atoms with Crippen molar-refractivity contribution in [3.05, 3.63) is 120 Å². The molecule has 3 aromatic carbocycles. The number of rotatable bonds is 9. The molecule has 262 valence electrons. The van der Waals surface area contributed by atoms with Gasteiger partial charge in [-0.15, -0.1) is 5.10 Å². The zero-order valence-electron chi connectivity index (χ0n) is 29.9. The van der Waals surface area contributed by atoms with Crippen molar-refractivity contribution in [2.75, 3.05) is 31.2 Å². The summed E-state index contributed by atoms with van der Waals surface area (Å²) in [5.74, 6) is -0.634. The van der Waals surface area contributed by atoms with Crippen LogP contribution in [0, 0.1) is 23.7 Å². The second-order valence-electron chi connectivity index (χ2n) is 16.7. The van der Waals surface area contributed by atoms with Crippen LogP contribution in [0.1, 0.15) is 62.9 Å². The van der Waals surface area contributed by atoms with Crippen molar-refractivity contribution in [2.45, 2.75) is 63.5 Å². The predicted molar refractivity (Wildman–Crippen MR) is 200 cm³/mol. The number of pyridine rings is 1. The first kappa shape index (κ1) is 32.6. The SMILES string of the molecule is Cc1cc(N2CC3(CCC3c3ccccc3)C2)cn2nc(C34CC(CO[Si](c5ccccc5)(c5ccccc5)C(C)(C)C)(CO3)C4C(=O)O)nc12. The molecule has 8 nitrogen and oxygen atoms in total. The number of hydrogen-bond acceptors (Lipinski definition) is 6. The number of aryl methyl sites for hydroxylation is 1. The van der Waals surface area contributed by atoms with E-state index >= 15 is 0 Å². The average molecular weight is 699 g/mol. The Morgan fingerprint density at radius 1 is 0.980 bits per heavy atom. The highest BCUT2D eigenvalue weighted by Gasteiger charge is 2.76. The van der Waals surface area contributed by atoms with Gasteiger partial charge >= 0.3 is 5.97 Å². The van der Waals surface area contributed by atoms with E-state index in [1.54, 1.807) is 0 Å². The Kier molecular flexibility index (Phi) is 7.25. The molecule has 4 unspecified atom stereocenters. The van der Waals surface area contributed by atoms with Gasteiger partial charge in [0.15, 0.2) is 11.5 Å². The number of anilines is 1. The largest absolute Gasteiger partial charge is 0.481 e. The third-order valence-electron chi connectivity index (χ3n) is 12.8. The first-order valence-corrected chi connectivity index (χ1v) is 20.2. The summed E-state index contributed by atoms with van der Waals surface area (Å²) in [5, 5.41) is 17.9. The number of nitrogens with zero attached hydrogens (tertiary/aromatic N) is 4. The van der Waals surface area contributed by atoms with E-state index in [4.69, 9.17) is 19.2 Å². The molecule has 5 fully saturated rings. The molecule has 51 heavy (non-hydrogen) atoms. The number of carboxylic acid groups (broad SMARTS) is 1. The Labute approximate surface area is 300 Å². The molecule has 5 aromatic rings. The molecule has 3 aliphatic heterocycles. The molecule has 5 heterocycles. The third kappa shape index (κ3) is 4.67. The van der Waals surface area contributed by atoms with Gasteiger partial charge in [-0.1, -0.05) is 112 Å². The predicted octanol–water partition coefficient (Wildman–Crippen LogP) is 6.31. The number of carbonyl (C=O) groups is 1. The zero-order valence-corrected chi connectivity index (χ0v) is 30.9. The van der Waals surface area contributed by atoms with Crippen LogP contribution in [0.3, 0.4) is 0 Å². The van der Waals surface area contributed by atoms with Crippen molar-refractivity contribution in [3.8, 4) is 0 Å². The highest BCUT2D eigenvalue weighted by Crippen LogP contribution is 2.67. The molecule has 5 aliphatic rings. The molecular formula is C42H46N4O4Si. The van der Waals surface area contributed by atoms with Crippen molar-refractivity contribution in [1.29, 1.82) is 0 Å². The van der Waals surface area contributed by atoms with Crippen molar-refractivity contribution in [3.63, 3.8) is 0 Å². The Hall–Kier alpha value is -4.31. The molecule has 2 bridgehead atoms. The van der Waals surface area contributed by atoms with Crippen molar-refractivity contribution in [1.82, 2.24) is 14.6 Å². The lowest BCUT2D eigenvalue weighted by atomic mass is 9.53. The minimum absolute atomic E-state index is 0.221. The molecule has 1 spiro atoms. The van der Waals surface area contributed by atoms with Gasteiger partial charge in [0.25, 0.3) is 8.32 Å². The van der Waals surface area contributed by atoms with Crippen LogP contribution in [0.25, 0.3) is 5.65 Å². The number of aromatic nitrogens is 3. The topological polar surface area (TPSA) is 89.2 Å².